The summed E-state index contributed by atoms with van der Waals surface area (Å²) < 4.78 is 6.89. The number of rotatable bonds is 4. The van der Waals surface area contributed by atoms with Crippen LogP contribution in [0, 0.1) is 17.9 Å². The highest BCUT2D eigenvalue weighted by atomic mass is 15.0. The fourth-order valence-corrected chi connectivity index (χ4v) is 8.83. The molecule has 0 bridgehead atoms. The number of nitrogens with zero attached hydrogens (tertiary/aromatic N) is 5. The van der Waals surface area contributed by atoms with E-state index in [0.29, 0.717) is 11.3 Å². The van der Waals surface area contributed by atoms with E-state index in [9.17, 15) is 5.26 Å². The lowest BCUT2D eigenvalue weighted by molar-refractivity contribution is 1.16. The number of fused-ring (bicyclic) bond motifs is 9. The molecule has 3 aromatic heterocycles. The Morgan fingerprint density at radius 2 is 0.964 bits per heavy atom. The third-order valence-corrected chi connectivity index (χ3v) is 11.1. The van der Waals surface area contributed by atoms with Gasteiger partial charge in [0.1, 0.15) is 0 Å². The standard InChI is InChI=1S/C50H29N5/c1-52-42-21-12-20-36(50(42)55-46-25-9-5-19-40(46)49-33(31-51)14-11-26-48(49)55)32-13-10-15-34(29-32)53-45-24-8-4-18-39(45)41-30-35(27-28-47(41)53)54-43-22-6-2-16-37(43)38-17-3-7-23-44(38)54/h2-30H. The second-order valence-corrected chi connectivity index (χ2v) is 13.9. The molecule has 0 N–H and O–H groups in total. The van der Waals surface area contributed by atoms with Gasteiger partial charge in [-0.3, -0.25) is 0 Å². The average Bonchev–Trinajstić information content (AvgIpc) is 3.89. The van der Waals surface area contributed by atoms with Crippen LogP contribution in [0.4, 0.5) is 5.69 Å². The molecule has 0 saturated carbocycles. The first-order valence-electron chi connectivity index (χ1n) is 18.3. The predicted molar refractivity (Wildman–Crippen MR) is 226 cm³/mol. The first-order valence-corrected chi connectivity index (χ1v) is 18.3. The molecular weight excluding hydrogens is 671 g/mol. The molecule has 11 aromatic rings. The van der Waals surface area contributed by atoms with E-state index in [-0.39, 0.29) is 0 Å². The van der Waals surface area contributed by atoms with Crippen molar-refractivity contribution in [3.05, 3.63) is 193 Å². The van der Waals surface area contributed by atoms with Crippen LogP contribution in [0.3, 0.4) is 0 Å². The molecule has 11 rings (SSSR count). The molecule has 8 aromatic carbocycles. The molecule has 5 nitrogen and oxygen atoms in total. The van der Waals surface area contributed by atoms with Crippen molar-refractivity contribution >= 4 is 71.1 Å². The minimum Gasteiger partial charge on any atom is -0.318 e. The van der Waals surface area contributed by atoms with Gasteiger partial charge in [0.05, 0.1) is 57.0 Å². The minimum atomic E-state index is 0.544. The minimum absolute atomic E-state index is 0.544. The van der Waals surface area contributed by atoms with Gasteiger partial charge in [-0.1, -0.05) is 109 Å². The zero-order valence-electron chi connectivity index (χ0n) is 29.5. The van der Waals surface area contributed by atoms with Crippen LogP contribution in [-0.2, 0) is 0 Å². The van der Waals surface area contributed by atoms with Gasteiger partial charge < -0.3 is 13.7 Å². The summed E-state index contributed by atoms with van der Waals surface area (Å²) in [5, 5.41) is 16.8. The highest BCUT2D eigenvalue weighted by molar-refractivity contribution is 6.14. The molecule has 5 heteroatoms. The van der Waals surface area contributed by atoms with Crippen molar-refractivity contribution in [2.45, 2.75) is 0 Å². The molecule has 3 heterocycles. The van der Waals surface area contributed by atoms with E-state index in [2.05, 4.69) is 158 Å². The second-order valence-electron chi connectivity index (χ2n) is 13.9. The smallest absolute Gasteiger partial charge is 0.211 e. The van der Waals surface area contributed by atoms with E-state index in [0.717, 1.165) is 61.0 Å². The summed E-state index contributed by atoms with van der Waals surface area (Å²) in [6.45, 7) is 8.29. The molecule has 254 valence electrons. The van der Waals surface area contributed by atoms with E-state index in [1.54, 1.807) is 0 Å². The quantitative estimate of drug-likeness (QED) is 0.169. The van der Waals surface area contributed by atoms with E-state index >= 15 is 0 Å². The summed E-state index contributed by atoms with van der Waals surface area (Å²) >= 11 is 0. The van der Waals surface area contributed by atoms with Gasteiger partial charge in [-0.05, 0) is 77.9 Å². The lowest BCUT2D eigenvalue weighted by Gasteiger charge is -2.17. The number of nitriles is 1. The van der Waals surface area contributed by atoms with Crippen LogP contribution >= 0.6 is 0 Å². The summed E-state index contributed by atoms with van der Waals surface area (Å²) in [6, 6.07) is 63.6. The Kier molecular flexibility index (Phi) is 6.61. The Bertz CT molecular complexity index is 3420. The van der Waals surface area contributed by atoms with Gasteiger partial charge >= 0.3 is 0 Å². The third-order valence-electron chi connectivity index (χ3n) is 11.1. The maximum atomic E-state index is 10.1. The van der Waals surface area contributed by atoms with Crippen LogP contribution in [0.5, 0.6) is 0 Å². The van der Waals surface area contributed by atoms with E-state index in [1.807, 2.05) is 42.5 Å². The Labute approximate surface area is 316 Å². The monoisotopic (exact) mass is 699 g/mol. The van der Waals surface area contributed by atoms with Crippen LogP contribution in [0.15, 0.2) is 176 Å². The van der Waals surface area contributed by atoms with Gasteiger partial charge in [0.15, 0.2) is 0 Å². The molecule has 0 atom stereocenters. The summed E-state index contributed by atoms with van der Waals surface area (Å²) in [4.78, 5) is 4.05. The molecule has 0 spiro atoms. The van der Waals surface area contributed by atoms with Gasteiger partial charge in [-0.25, -0.2) is 4.85 Å². The van der Waals surface area contributed by atoms with E-state index in [4.69, 9.17) is 6.57 Å². The predicted octanol–water partition coefficient (Wildman–Crippen LogP) is 13.1. The first-order chi connectivity index (χ1) is 27.2. The molecule has 55 heavy (non-hydrogen) atoms. The highest BCUT2D eigenvalue weighted by Gasteiger charge is 2.21. The zero-order valence-corrected chi connectivity index (χ0v) is 29.5. The Hall–Kier alpha value is -7.86. The second kappa shape index (κ2) is 11.8. The summed E-state index contributed by atoms with van der Waals surface area (Å²) in [7, 11) is 0. The lowest BCUT2D eigenvalue weighted by Crippen LogP contribution is -1.99. The molecule has 0 aliphatic heterocycles. The van der Waals surface area contributed by atoms with Crippen molar-refractivity contribution in [2.75, 3.05) is 0 Å². The molecule has 0 fully saturated rings. The van der Waals surface area contributed by atoms with Gasteiger partial charge in [-0.2, -0.15) is 5.26 Å². The fraction of sp³-hybridized carbons (Fsp3) is 0. The van der Waals surface area contributed by atoms with E-state index < -0.39 is 0 Å². The Balaban J connectivity index is 1.14. The molecule has 0 aliphatic carbocycles. The van der Waals surface area contributed by atoms with Gasteiger partial charge in [-0.15, -0.1) is 0 Å². The number of para-hydroxylation sites is 5. The van der Waals surface area contributed by atoms with Crippen LogP contribution in [0.2, 0.25) is 0 Å². The summed E-state index contributed by atoms with van der Waals surface area (Å²) in [5.74, 6) is 0. The van der Waals surface area contributed by atoms with Crippen molar-refractivity contribution < 1.29 is 0 Å². The largest absolute Gasteiger partial charge is 0.318 e. The first kappa shape index (κ1) is 30.7. The molecule has 0 saturated heterocycles. The Morgan fingerprint density at radius 3 is 1.62 bits per heavy atom. The Morgan fingerprint density at radius 1 is 0.436 bits per heavy atom. The molecule has 0 aliphatic rings. The maximum absolute atomic E-state index is 10.1. The van der Waals surface area contributed by atoms with Crippen molar-refractivity contribution in [1.82, 2.24) is 13.7 Å². The van der Waals surface area contributed by atoms with Gasteiger partial charge in [0.2, 0.25) is 5.69 Å². The third kappa shape index (κ3) is 4.39. The number of hydrogen-bond donors (Lipinski definition) is 0. The zero-order chi connectivity index (χ0) is 36.6. The number of aromatic nitrogens is 3. The van der Waals surface area contributed by atoms with Crippen molar-refractivity contribution in [3.63, 3.8) is 0 Å². The molecular formula is C50H29N5. The highest BCUT2D eigenvalue weighted by Crippen LogP contribution is 2.43. The average molecular weight is 700 g/mol. The molecule has 0 amide bonds. The SMILES string of the molecule is [C-]#[N+]c1cccc(-c2cccc(-n3c4ccccc4c4cc(-n5c6ccccc6c6ccccc65)ccc43)c2)c1-n1c2ccccc2c2c(C#N)cccc21. The molecule has 0 radical (unpaired) electrons. The van der Waals surface area contributed by atoms with Crippen molar-refractivity contribution in [1.29, 1.82) is 5.26 Å². The van der Waals surface area contributed by atoms with Crippen LogP contribution < -0.4 is 0 Å². The maximum Gasteiger partial charge on any atom is 0.211 e. The van der Waals surface area contributed by atoms with Crippen LogP contribution in [0.25, 0.3) is 98.5 Å². The normalized spacial score (nSPS) is 11.6. The fourth-order valence-electron chi connectivity index (χ4n) is 8.83. The van der Waals surface area contributed by atoms with Gasteiger partial charge in [0.25, 0.3) is 0 Å². The van der Waals surface area contributed by atoms with E-state index in [1.165, 1.54) is 32.6 Å². The van der Waals surface area contributed by atoms with Crippen molar-refractivity contribution in [3.8, 4) is 34.3 Å². The molecule has 0 unspecified atom stereocenters. The summed E-state index contributed by atoms with van der Waals surface area (Å²) in [5.41, 5.74) is 12.5. The van der Waals surface area contributed by atoms with Crippen LogP contribution in [-0.4, -0.2) is 13.7 Å². The van der Waals surface area contributed by atoms with Crippen molar-refractivity contribution in [2.24, 2.45) is 0 Å². The lowest BCUT2D eigenvalue weighted by atomic mass is 10.0. The number of hydrogen-bond acceptors (Lipinski definition) is 1. The van der Waals surface area contributed by atoms with Crippen LogP contribution in [0.1, 0.15) is 5.56 Å². The van der Waals surface area contributed by atoms with Gasteiger partial charge in [0, 0.05) is 43.7 Å². The topological polar surface area (TPSA) is 42.9 Å². The number of benzene rings is 8. The summed E-state index contributed by atoms with van der Waals surface area (Å²) in [6.07, 6.45) is 0.